The van der Waals surface area contributed by atoms with E-state index in [1.54, 1.807) is 18.2 Å². The Morgan fingerprint density at radius 2 is 1.67 bits per heavy atom. The molecule has 21 heavy (non-hydrogen) atoms. The van der Waals surface area contributed by atoms with Crippen molar-refractivity contribution in [2.24, 2.45) is 5.84 Å². The fourth-order valence-corrected chi connectivity index (χ4v) is 2.23. The van der Waals surface area contributed by atoms with Crippen molar-refractivity contribution in [3.63, 3.8) is 0 Å². The number of nitrogens with two attached hydrogens (primary N) is 1. The first-order valence-corrected chi connectivity index (χ1v) is 6.25. The molecule has 0 radical (unpaired) electrons. The second-order valence-corrected chi connectivity index (χ2v) is 4.33. The average molecular weight is 294 g/mol. The minimum atomic E-state index is -0.953. The van der Waals surface area contributed by atoms with Crippen LogP contribution in [-0.2, 0) is 0 Å². The van der Waals surface area contributed by atoms with Gasteiger partial charge < -0.3 is 9.47 Å². The molecule has 6 heteroatoms. The van der Waals surface area contributed by atoms with Crippen molar-refractivity contribution in [1.29, 1.82) is 0 Å². The zero-order chi connectivity index (χ0) is 15.4. The molecule has 1 unspecified atom stereocenters. The van der Waals surface area contributed by atoms with Gasteiger partial charge in [0, 0.05) is 11.1 Å². The van der Waals surface area contributed by atoms with Crippen LogP contribution in [0.15, 0.2) is 36.4 Å². The topological polar surface area (TPSA) is 56.5 Å². The molecule has 0 bridgehead atoms. The lowest BCUT2D eigenvalue weighted by Crippen LogP contribution is -2.30. The molecule has 0 saturated heterocycles. The number of benzene rings is 2. The Morgan fingerprint density at radius 1 is 1.00 bits per heavy atom. The minimum absolute atomic E-state index is 0.0871. The van der Waals surface area contributed by atoms with Crippen LogP contribution in [0, 0.1) is 11.6 Å². The largest absolute Gasteiger partial charge is 0.493 e. The number of para-hydroxylation sites is 1. The summed E-state index contributed by atoms with van der Waals surface area (Å²) in [7, 11) is 2.96. The number of hydrogen-bond donors (Lipinski definition) is 2. The molecule has 0 fully saturated rings. The van der Waals surface area contributed by atoms with Crippen LogP contribution in [0.4, 0.5) is 8.78 Å². The summed E-state index contributed by atoms with van der Waals surface area (Å²) in [6, 6.07) is 8.29. The SMILES string of the molecule is COc1cccc(C(NN)c2cccc(F)c2F)c1OC. The van der Waals surface area contributed by atoms with Crippen LogP contribution in [0.3, 0.4) is 0 Å². The molecular formula is C15H16F2N2O2. The van der Waals surface area contributed by atoms with Gasteiger partial charge in [0.25, 0.3) is 0 Å². The van der Waals surface area contributed by atoms with Crippen LogP contribution in [0.25, 0.3) is 0 Å². The lowest BCUT2D eigenvalue weighted by molar-refractivity contribution is 0.348. The maximum Gasteiger partial charge on any atom is 0.165 e. The summed E-state index contributed by atoms with van der Waals surface area (Å²) >= 11 is 0. The molecule has 4 nitrogen and oxygen atoms in total. The molecule has 2 rings (SSSR count). The van der Waals surface area contributed by atoms with Gasteiger partial charge in [0.2, 0.25) is 0 Å². The van der Waals surface area contributed by atoms with E-state index in [4.69, 9.17) is 15.3 Å². The summed E-state index contributed by atoms with van der Waals surface area (Å²) in [5.41, 5.74) is 3.12. The van der Waals surface area contributed by atoms with Gasteiger partial charge in [0.05, 0.1) is 20.3 Å². The van der Waals surface area contributed by atoms with Crippen LogP contribution in [0.5, 0.6) is 11.5 Å². The lowest BCUT2D eigenvalue weighted by Gasteiger charge is -2.21. The van der Waals surface area contributed by atoms with Crippen molar-refractivity contribution in [2.45, 2.75) is 6.04 Å². The van der Waals surface area contributed by atoms with Crippen molar-refractivity contribution in [3.8, 4) is 11.5 Å². The van der Waals surface area contributed by atoms with E-state index in [1.807, 2.05) is 0 Å². The van der Waals surface area contributed by atoms with Crippen molar-refractivity contribution < 1.29 is 18.3 Å². The highest BCUT2D eigenvalue weighted by atomic mass is 19.2. The first-order chi connectivity index (χ1) is 10.1. The second-order valence-electron chi connectivity index (χ2n) is 4.33. The quantitative estimate of drug-likeness (QED) is 0.657. The molecule has 0 aromatic heterocycles. The van der Waals surface area contributed by atoms with E-state index in [0.717, 1.165) is 6.07 Å². The average Bonchev–Trinajstić information content (AvgIpc) is 2.51. The van der Waals surface area contributed by atoms with E-state index in [2.05, 4.69) is 5.43 Å². The van der Waals surface area contributed by atoms with Crippen LogP contribution in [0.2, 0.25) is 0 Å². The number of halogens is 2. The number of hydrazine groups is 1. The maximum atomic E-state index is 14.0. The molecule has 2 aromatic rings. The van der Waals surface area contributed by atoms with Crippen molar-refractivity contribution >= 4 is 0 Å². The summed E-state index contributed by atoms with van der Waals surface area (Å²) in [6.45, 7) is 0. The first kappa shape index (κ1) is 15.2. The molecule has 0 saturated carbocycles. The number of ether oxygens (including phenoxy) is 2. The molecule has 2 aromatic carbocycles. The van der Waals surface area contributed by atoms with Gasteiger partial charge in [-0.2, -0.15) is 0 Å². The van der Waals surface area contributed by atoms with Gasteiger partial charge in [-0.3, -0.25) is 5.84 Å². The highest BCUT2D eigenvalue weighted by Gasteiger charge is 2.23. The molecule has 0 spiro atoms. The molecule has 0 heterocycles. The first-order valence-electron chi connectivity index (χ1n) is 6.25. The Morgan fingerprint density at radius 3 is 2.29 bits per heavy atom. The molecule has 0 aliphatic carbocycles. The number of methoxy groups -OCH3 is 2. The fourth-order valence-electron chi connectivity index (χ4n) is 2.23. The predicted molar refractivity (Wildman–Crippen MR) is 75.1 cm³/mol. The summed E-state index contributed by atoms with van der Waals surface area (Å²) in [5, 5.41) is 0. The van der Waals surface area contributed by atoms with Gasteiger partial charge in [0.1, 0.15) is 0 Å². The fraction of sp³-hybridized carbons (Fsp3) is 0.200. The van der Waals surface area contributed by atoms with E-state index in [-0.39, 0.29) is 5.56 Å². The normalized spacial score (nSPS) is 12.0. The van der Waals surface area contributed by atoms with E-state index in [9.17, 15) is 8.78 Å². The van der Waals surface area contributed by atoms with Crippen LogP contribution < -0.4 is 20.7 Å². The third kappa shape index (κ3) is 2.81. The zero-order valence-electron chi connectivity index (χ0n) is 11.7. The standard InChI is InChI=1S/C15H16F2N2O2/c1-20-12-8-4-6-10(15(12)21-2)14(19-18)9-5-3-7-11(16)13(9)17/h3-8,14,19H,18H2,1-2H3. The molecule has 0 aliphatic heterocycles. The van der Waals surface area contributed by atoms with Crippen LogP contribution in [0.1, 0.15) is 17.2 Å². The van der Waals surface area contributed by atoms with E-state index < -0.39 is 17.7 Å². The van der Waals surface area contributed by atoms with Crippen LogP contribution in [-0.4, -0.2) is 14.2 Å². The van der Waals surface area contributed by atoms with Gasteiger partial charge in [-0.05, 0) is 12.1 Å². The smallest absolute Gasteiger partial charge is 0.165 e. The second kappa shape index (κ2) is 6.51. The zero-order valence-corrected chi connectivity index (χ0v) is 11.7. The minimum Gasteiger partial charge on any atom is -0.493 e. The highest BCUT2D eigenvalue weighted by Crippen LogP contribution is 2.37. The van der Waals surface area contributed by atoms with Crippen molar-refractivity contribution in [3.05, 3.63) is 59.2 Å². The molecule has 0 amide bonds. The summed E-state index contributed by atoms with van der Waals surface area (Å²) in [6.07, 6.45) is 0. The molecular weight excluding hydrogens is 278 g/mol. The maximum absolute atomic E-state index is 14.0. The Bertz CT molecular complexity index is 635. The van der Waals surface area contributed by atoms with Gasteiger partial charge >= 0.3 is 0 Å². The van der Waals surface area contributed by atoms with Gasteiger partial charge in [0.15, 0.2) is 23.1 Å². The predicted octanol–water partition coefficient (Wildman–Crippen LogP) is 2.53. The Balaban J connectivity index is 2.59. The Labute approximate surface area is 121 Å². The monoisotopic (exact) mass is 294 g/mol. The van der Waals surface area contributed by atoms with E-state index in [1.165, 1.54) is 26.4 Å². The van der Waals surface area contributed by atoms with Crippen LogP contribution >= 0.6 is 0 Å². The summed E-state index contributed by atoms with van der Waals surface area (Å²) in [5.74, 6) is 4.53. The molecule has 112 valence electrons. The van der Waals surface area contributed by atoms with E-state index in [0.29, 0.717) is 17.1 Å². The molecule has 0 aliphatic rings. The summed E-state index contributed by atoms with van der Waals surface area (Å²) < 4.78 is 37.9. The number of nitrogens with one attached hydrogen (secondary N) is 1. The van der Waals surface area contributed by atoms with Gasteiger partial charge in [-0.15, -0.1) is 0 Å². The Kier molecular flexibility index (Phi) is 4.72. The lowest BCUT2D eigenvalue weighted by atomic mass is 9.97. The van der Waals surface area contributed by atoms with Crippen molar-refractivity contribution in [1.82, 2.24) is 5.43 Å². The van der Waals surface area contributed by atoms with E-state index >= 15 is 0 Å². The highest BCUT2D eigenvalue weighted by molar-refractivity contribution is 5.50. The van der Waals surface area contributed by atoms with Gasteiger partial charge in [-0.1, -0.05) is 24.3 Å². The van der Waals surface area contributed by atoms with Crippen molar-refractivity contribution in [2.75, 3.05) is 14.2 Å². The number of rotatable bonds is 5. The molecule has 1 atom stereocenters. The molecule has 3 N–H and O–H groups in total. The third-order valence-corrected chi connectivity index (χ3v) is 3.20. The van der Waals surface area contributed by atoms with Gasteiger partial charge in [-0.25, -0.2) is 14.2 Å². The number of hydrogen-bond acceptors (Lipinski definition) is 4. The third-order valence-electron chi connectivity index (χ3n) is 3.20. The summed E-state index contributed by atoms with van der Waals surface area (Å²) in [4.78, 5) is 0. The Hall–Kier alpha value is -2.18.